The van der Waals surface area contributed by atoms with E-state index in [0.717, 1.165) is 34.4 Å². The van der Waals surface area contributed by atoms with E-state index in [1.54, 1.807) is 29.4 Å². The number of pyridine rings is 1. The van der Waals surface area contributed by atoms with Crippen LogP contribution in [0.25, 0.3) is 0 Å². The summed E-state index contributed by atoms with van der Waals surface area (Å²) in [5, 5.41) is 0.363. The summed E-state index contributed by atoms with van der Waals surface area (Å²) in [5.41, 5.74) is 4.72. The average Bonchev–Trinajstić information content (AvgIpc) is 3.32. The summed E-state index contributed by atoms with van der Waals surface area (Å²) in [7, 11) is -3.77. The third-order valence-corrected chi connectivity index (χ3v) is 8.46. The fourth-order valence-electron chi connectivity index (χ4n) is 4.80. The Kier molecular flexibility index (Phi) is 7.88. The first-order valence-corrected chi connectivity index (χ1v) is 14.4. The quantitative estimate of drug-likeness (QED) is 0.285. The molecule has 0 fully saturated rings. The van der Waals surface area contributed by atoms with Crippen LogP contribution in [0.1, 0.15) is 41.1 Å². The summed E-state index contributed by atoms with van der Waals surface area (Å²) in [6, 6.07) is 25.5. The molecule has 1 aliphatic rings. The number of fused-ring (bicyclic) bond motifs is 1. The van der Waals surface area contributed by atoms with Gasteiger partial charge in [0, 0.05) is 35.6 Å². The second kappa shape index (κ2) is 11.5. The van der Waals surface area contributed by atoms with Crippen molar-refractivity contribution in [1.82, 2.24) is 9.71 Å². The van der Waals surface area contributed by atoms with Crippen molar-refractivity contribution in [2.75, 3.05) is 4.90 Å². The highest BCUT2D eigenvalue weighted by Crippen LogP contribution is 2.36. The first kappa shape index (κ1) is 26.1. The molecule has 1 heterocycles. The normalized spacial score (nSPS) is 14.7. The van der Waals surface area contributed by atoms with E-state index in [2.05, 4.69) is 9.71 Å². The van der Waals surface area contributed by atoms with Crippen LogP contribution in [-0.2, 0) is 34.2 Å². The molecule has 8 heteroatoms. The lowest BCUT2D eigenvalue weighted by Crippen LogP contribution is -2.31. The predicted octanol–water partition coefficient (Wildman–Crippen LogP) is 5.87. The van der Waals surface area contributed by atoms with Crippen LogP contribution in [0.5, 0.6) is 0 Å². The van der Waals surface area contributed by atoms with Crippen LogP contribution in [0.4, 0.5) is 5.69 Å². The van der Waals surface area contributed by atoms with Gasteiger partial charge in [0.2, 0.25) is 15.9 Å². The van der Waals surface area contributed by atoms with Crippen LogP contribution >= 0.6 is 11.6 Å². The Morgan fingerprint density at radius 2 is 1.79 bits per heavy atom. The maximum absolute atomic E-state index is 13.5. The molecule has 38 heavy (non-hydrogen) atoms. The van der Waals surface area contributed by atoms with Gasteiger partial charge in [-0.3, -0.25) is 9.78 Å². The Bertz CT molecular complexity index is 1530. The molecule has 1 aliphatic carbocycles. The van der Waals surface area contributed by atoms with Crippen LogP contribution in [0, 0.1) is 0 Å². The number of sulfonamides is 1. The number of aryl methyl sites for hydroxylation is 2. The number of aromatic nitrogens is 1. The summed E-state index contributed by atoms with van der Waals surface area (Å²) in [6.45, 7) is 0.374. The van der Waals surface area contributed by atoms with E-state index < -0.39 is 16.1 Å². The van der Waals surface area contributed by atoms with Gasteiger partial charge in [-0.1, -0.05) is 60.1 Å². The van der Waals surface area contributed by atoms with Crippen molar-refractivity contribution in [3.63, 3.8) is 0 Å². The van der Waals surface area contributed by atoms with Crippen molar-refractivity contribution in [3.8, 4) is 0 Å². The molecule has 0 saturated heterocycles. The highest BCUT2D eigenvalue weighted by molar-refractivity contribution is 7.89. The van der Waals surface area contributed by atoms with E-state index in [9.17, 15) is 13.2 Å². The number of amides is 1. The minimum Gasteiger partial charge on any atom is -0.308 e. The van der Waals surface area contributed by atoms with Gasteiger partial charge < -0.3 is 4.90 Å². The standard InChI is InChI=1S/C30H28ClN3O3S/c31-25-9-4-10-27(18-25)38(36,37)33-29-15-13-24-12-14-26(19-28(24)29)34(21-23-8-5-17-32-20-23)30(35)16-11-22-6-2-1-3-7-22/h1-10,12,14,17-20,29,33H,11,13,15-16,21H2. The van der Waals surface area contributed by atoms with Gasteiger partial charge in [-0.2, -0.15) is 0 Å². The van der Waals surface area contributed by atoms with Crippen molar-refractivity contribution in [2.45, 2.75) is 43.2 Å². The largest absolute Gasteiger partial charge is 0.308 e. The van der Waals surface area contributed by atoms with Gasteiger partial charge in [0.15, 0.2) is 0 Å². The Morgan fingerprint density at radius 3 is 2.55 bits per heavy atom. The van der Waals surface area contributed by atoms with E-state index >= 15 is 0 Å². The number of carbonyl (C=O) groups is 1. The summed E-state index contributed by atoms with van der Waals surface area (Å²) in [5.74, 6) is -0.00767. The predicted molar refractivity (Wildman–Crippen MR) is 149 cm³/mol. The lowest BCUT2D eigenvalue weighted by atomic mass is 10.1. The van der Waals surface area contributed by atoms with Crippen molar-refractivity contribution < 1.29 is 13.2 Å². The van der Waals surface area contributed by atoms with Crippen LogP contribution in [-0.4, -0.2) is 19.3 Å². The first-order valence-electron chi connectivity index (χ1n) is 12.5. The Morgan fingerprint density at radius 1 is 0.974 bits per heavy atom. The minimum atomic E-state index is -3.77. The Balaban J connectivity index is 1.41. The summed E-state index contributed by atoms with van der Waals surface area (Å²) in [6.07, 6.45) is 5.85. The monoisotopic (exact) mass is 545 g/mol. The second-order valence-corrected chi connectivity index (χ2v) is 11.5. The molecule has 0 saturated carbocycles. The number of nitrogens with one attached hydrogen (secondary N) is 1. The zero-order chi connectivity index (χ0) is 26.5. The number of anilines is 1. The van der Waals surface area contributed by atoms with E-state index in [4.69, 9.17) is 11.6 Å². The maximum atomic E-state index is 13.5. The molecule has 6 nitrogen and oxygen atoms in total. The van der Waals surface area contributed by atoms with Gasteiger partial charge in [-0.25, -0.2) is 13.1 Å². The van der Waals surface area contributed by atoms with E-state index in [0.29, 0.717) is 30.8 Å². The molecule has 4 aromatic rings. The number of carbonyl (C=O) groups excluding carboxylic acids is 1. The molecular formula is C30H28ClN3O3S. The molecule has 0 bridgehead atoms. The number of rotatable bonds is 9. The number of hydrogen-bond acceptors (Lipinski definition) is 4. The number of nitrogens with zero attached hydrogens (tertiary/aromatic N) is 2. The summed E-state index contributed by atoms with van der Waals surface area (Å²) >= 11 is 6.03. The third-order valence-electron chi connectivity index (χ3n) is 6.76. The van der Waals surface area contributed by atoms with Gasteiger partial charge >= 0.3 is 0 Å². The molecule has 194 valence electrons. The van der Waals surface area contributed by atoms with Gasteiger partial charge in [0.1, 0.15) is 0 Å². The molecule has 0 spiro atoms. The third kappa shape index (κ3) is 6.13. The molecule has 5 rings (SSSR count). The topological polar surface area (TPSA) is 79.4 Å². The SMILES string of the molecule is O=C(CCc1ccccc1)N(Cc1cccnc1)c1ccc2c(c1)C(NS(=O)(=O)c1cccc(Cl)c1)CC2. The molecule has 0 radical (unpaired) electrons. The minimum absolute atomic E-state index is 0.00767. The molecule has 1 aromatic heterocycles. The molecule has 1 unspecified atom stereocenters. The summed E-state index contributed by atoms with van der Waals surface area (Å²) < 4.78 is 29.0. The molecular weight excluding hydrogens is 518 g/mol. The van der Waals surface area contributed by atoms with Gasteiger partial charge in [0.05, 0.1) is 11.4 Å². The number of hydrogen-bond donors (Lipinski definition) is 1. The summed E-state index contributed by atoms with van der Waals surface area (Å²) in [4.78, 5) is 19.6. The fraction of sp³-hybridized carbons (Fsp3) is 0.200. The molecule has 1 amide bonds. The van der Waals surface area contributed by atoms with Crippen molar-refractivity contribution in [3.05, 3.63) is 125 Å². The first-order chi connectivity index (χ1) is 18.4. The van der Waals surface area contributed by atoms with Crippen LogP contribution in [0.2, 0.25) is 5.02 Å². The van der Waals surface area contributed by atoms with Gasteiger partial charge in [-0.15, -0.1) is 0 Å². The average molecular weight is 546 g/mol. The van der Waals surface area contributed by atoms with Crippen LogP contribution < -0.4 is 9.62 Å². The van der Waals surface area contributed by atoms with Crippen molar-refractivity contribution >= 4 is 33.2 Å². The molecule has 3 aromatic carbocycles. The zero-order valence-corrected chi connectivity index (χ0v) is 22.3. The highest BCUT2D eigenvalue weighted by atomic mass is 35.5. The fourth-order valence-corrected chi connectivity index (χ4v) is 6.35. The van der Waals surface area contributed by atoms with Gasteiger partial charge in [0.25, 0.3) is 0 Å². The van der Waals surface area contributed by atoms with Gasteiger partial charge in [-0.05, 0) is 77.9 Å². The van der Waals surface area contributed by atoms with Crippen LogP contribution in [0.15, 0.2) is 102 Å². The molecule has 0 aliphatic heterocycles. The molecule has 1 N–H and O–H groups in total. The smallest absolute Gasteiger partial charge is 0.241 e. The van der Waals surface area contributed by atoms with E-state index in [1.807, 2.05) is 60.7 Å². The lowest BCUT2D eigenvalue weighted by molar-refractivity contribution is -0.118. The van der Waals surface area contributed by atoms with Crippen molar-refractivity contribution in [2.24, 2.45) is 0 Å². The Hall–Kier alpha value is -3.52. The highest BCUT2D eigenvalue weighted by Gasteiger charge is 2.29. The Labute approximate surface area is 228 Å². The zero-order valence-electron chi connectivity index (χ0n) is 20.8. The van der Waals surface area contributed by atoms with E-state index in [1.165, 1.54) is 12.1 Å². The number of benzene rings is 3. The van der Waals surface area contributed by atoms with Crippen LogP contribution in [0.3, 0.4) is 0 Å². The molecule has 1 atom stereocenters. The second-order valence-electron chi connectivity index (χ2n) is 9.38. The van der Waals surface area contributed by atoms with Crippen molar-refractivity contribution in [1.29, 1.82) is 0 Å². The van der Waals surface area contributed by atoms with E-state index in [-0.39, 0.29) is 10.8 Å². The maximum Gasteiger partial charge on any atom is 0.241 e. The lowest BCUT2D eigenvalue weighted by Gasteiger charge is -2.25. The number of halogens is 1.